The maximum absolute atomic E-state index is 12.6. The van der Waals surface area contributed by atoms with E-state index in [1.165, 1.54) is 7.11 Å². The van der Waals surface area contributed by atoms with Crippen LogP contribution >= 0.6 is 11.6 Å². The largest absolute Gasteiger partial charge is 0.493 e. The molecule has 3 aromatic carbocycles. The van der Waals surface area contributed by atoms with Gasteiger partial charge in [-0.3, -0.25) is 4.79 Å². The maximum Gasteiger partial charge on any atom is 0.338 e. The highest BCUT2D eigenvalue weighted by Crippen LogP contribution is 2.34. The number of fused-ring (bicyclic) bond motifs is 1. The molecule has 2 heterocycles. The summed E-state index contributed by atoms with van der Waals surface area (Å²) in [7, 11) is 1.45. The number of hydrogen-bond donors (Lipinski definition) is 3. The summed E-state index contributed by atoms with van der Waals surface area (Å²) in [5, 5.41) is 11.2. The zero-order valence-electron chi connectivity index (χ0n) is 24.9. The van der Waals surface area contributed by atoms with Gasteiger partial charge in [-0.1, -0.05) is 48.0 Å². The summed E-state index contributed by atoms with van der Waals surface area (Å²) in [5.41, 5.74) is 6.71. The number of benzene rings is 3. The quantitative estimate of drug-likeness (QED) is 0.121. The van der Waals surface area contributed by atoms with Crippen LogP contribution in [0.3, 0.4) is 0 Å². The van der Waals surface area contributed by atoms with Crippen molar-refractivity contribution in [1.82, 2.24) is 20.6 Å². The van der Waals surface area contributed by atoms with Gasteiger partial charge in [-0.05, 0) is 55.3 Å². The summed E-state index contributed by atoms with van der Waals surface area (Å²) < 4.78 is 18.5. The van der Waals surface area contributed by atoms with Gasteiger partial charge in [0.25, 0.3) is 5.91 Å². The lowest BCUT2D eigenvalue weighted by molar-refractivity contribution is -0.139. The summed E-state index contributed by atoms with van der Waals surface area (Å²) in [6, 6.07) is 19.3. The van der Waals surface area contributed by atoms with Crippen LogP contribution in [0.25, 0.3) is 10.9 Å². The van der Waals surface area contributed by atoms with Crippen molar-refractivity contribution >= 4 is 46.6 Å². The highest BCUT2D eigenvalue weighted by molar-refractivity contribution is 6.30. The van der Waals surface area contributed by atoms with Gasteiger partial charge in [0.15, 0.2) is 18.1 Å². The third kappa shape index (κ3) is 7.27. The van der Waals surface area contributed by atoms with Crippen molar-refractivity contribution in [2.45, 2.75) is 26.4 Å². The summed E-state index contributed by atoms with van der Waals surface area (Å²) in [4.78, 5) is 37.4. The SMILES string of the molecule is CCOC(=O)C1=C(C)NC(=O)N[C@@H]1c1ccc(OCC(=O)N/N=C\c2cn(Cc3ccc(Cl)cc3)c3ccccc23)c(OC)c1. The molecule has 11 nitrogen and oxygen atoms in total. The Morgan fingerprint density at radius 3 is 2.62 bits per heavy atom. The molecule has 3 N–H and O–H groups in total. The molecular formula is C33H32ClN5O6. The van der Waals surface area contributed by atoms with Gasteiger partial charge < -0.3 is 29.4 Å². The fourth-order valence-corrected chi connectivity index (χ4v) is 5.18. The molecule has 0 bridgehead atoms. The Bertz CT molecular complexity index is 1800. The Labute approximate surface area is 264 Å². The fourth-order valence-electron chi connectivity index (χ4n) is 5.05. The molecule has 0 saturated carbocycles. The van der Waals surface area contributed by atoms with Crippen LogP contribution in [0.15, 0.2) is 89.3 Å². The average Bonchev–Trinajstić information content (AvgIpc) is 3.37. The van der Waals surface area contributed by atoms with Crippen LogP contribution < -0.4 is 25.5 Å². The number of methoxy groups -OCH3 is 1. The fraction of sp³-hybridized carbons (Fsp3) is 0.212. The van der Waals surface area contributed by atoms with Gasteiger partial charge in [0.2, 0.25) is 0 Å². The molecule has 3 amide bonds. The van der Waals surface area contributed by atoms with Gasteiger partial charge >= 0.3 is 12.0 Å². The maximum atomic E-state index is 12.6. The monoisotopic (exact) mass is 629 g/mol. The van der Waals surface area contributed by atoms with Crippen LogP contribution in [-0.4, -0.2) is 49.0 Å². The average molecular weight is 630 g/mol. The second kappa shape index (κ2) is 14.0. The summed E-state index contributed by atoms with van der Waals surface area (Å²) in [6.45, 7) is 3.84. The molecule has 1 aliphatic heterocycles. The summed E-state index contributed by atoms with van der Waals surface area (Å²) in [6.07, 6.45) is 3.57. The predicted octanol–water partition coefficient (Wildman–Crippen LogP) is 5.07. The number of esters is 1. The zero-order valence-corrected chi connectivity index (χ0v) is 25.7. The van der Waals surface area contributed by atoms with Crippen molar-refractivity contribution in [3.8, 4) is 11.5 Å². The number of hydrogen-bond acceptors (Lipinski definition) is 7. The van der Waals surface area contributed by atoms with Crippen molar-refractivity contribution in [3.05, 3.63) is 106 Å². The minimum absolute atomic E-state index is 0.187. The molecule has 0 saturated heterocycles. The number of urea groups is 1. The van der Waals surface area contributed by atoms with E-state index in [4.69, 9.17) is 25.8 Å². The summed E-state index contributed by atoms with van der Waals surface area (Å²) in [5.74, 6) is -0.415. The van der Waals surface area contributed by atoms with Crippen molar-refractivity contribution in [1.29, 1.82) is 0 Å². The first-order valence-electron chi connectivity index (χ1n) is 14.2. The van der Waals surface area contributed by atoms with Crippen LogP contribution in [-0.2, 0) is 20.9 Å². The molecular weight excluding hydrogens is 598 g/mol. The number of aromatic nitrogens is 1. The van der Waals surface area contributed by atoms with Crippen molar-refractivity contribution < 1.29 is 28.6 Å². The first-order chi connectivity index (χ1) is 21.8. The second-order valence-corrected chi connectivity index (χ2v) is 10.6. The van der Waals surface area contributed by atoms with Crippen LogP contribution in [0.2, 0.25) is 5.02 Å². The zero-order chi connectivity index (χ0) is 31.9. The molecule has 5 rings (SSSR count). The molecule has 0 spiro atoms. The second-order valence-electron chi connectivity index (χ2n) is 10.1. The first-order valence-corrected chi connectivity index (χ1v) is 14.6. The standard InChI is InChI=1S/C33H32ClN5O6/c1-4-44-32(41)30-20(2)36-33(42)37-31(30)22-11-14-27(28(15-22)43-3)45-19-29(40)38-35-16-23-18-39(26-8-6-5-7-25(23)26)17-21-9-12-24(34)13-10-21/h5-16,18,31H,4,17,19H2,1-3H3,(H,38,40)(H2,36,37,42)/b35-16-/t31-/m1/s1. The number of hydrazone groups is 1. The highest BCUT2D eigenvalue weighted by Gasteiger charge is 2.32. The molecule has 1 atom stereocenters. The molecule has 1 aromatic heterocycles. The first kappa shape index (κ1) is 31.1. The van der Waals surface area contributed by atoms with E-state index in [9.17, 15) is 14.4 Å². The van der Waals surface area contributed by atoms with Gasteiger partial charge in [-0.15, -0.1) is 0 Å². The number of para-hydroxylation sites is 1. The number of allylic oxidation sites excluding steroid dienone is 1. The number of carbonyl (C=O) groups is 3. The third-order valence-electron chi connectivity index (χ3n) is 7.12. The molecule has 4 aromatic rings. The number of halogens is 1. The molecule has 0 unspecified atom stereocenters. The minimum atomic E-state index is -0.768. The van der Waals surface area contributed by atoms with Gasteiger partial charge in [-0.2, -0.15) is 5.10 Å². The Hall–Kier alpha value is -5.29. The van der Waals surface area contributed by atoms with Crippen LogP contribution in [0.4, 0.5) is 4.79 Å². The number of nitrogens with one attached hydrogen (secondary N) is 3. The normalized spacial score (nSPS) is 14.7. The Kier molecular flexibility index (Phi) is 9.69. The molecule has 232 valence electrons. The Morgan fingerprint density at radius 1 is 1.09 bits per heavy atom. The van der Waals surface area contributed by atoms with Crippen LogP contribution in [0, 0.1) is 0 Å². The molecule has 45 heavy (non-hydrogen) atoms. The lowest BCUT2D eigenvalue weighted by Gasteiger charge is -2.28. The number of amides is 3. The smallest absolute Gasteiger partial charge is 0.338 e. The molecule has 0 aliphatic carbocycles. The Morgan fingerprint density at radius 2 is 1.87 bits per heavy atom. The predicted molar refractivity (Wildman–Crippen MR) is 170 cm³/mol. The third-order valence-corrected chi connectivity index (χ3v) is 7.37. The minimum Gasteiger partial charge on any atom is -0.493 e. The highest BCUT2D eigenvalue weighted by atomic mass is 35.5. The number of nitrogens with zero attached hydrogens (tertiary/aromatic N) is 2. The van der Waals surface area contributed by atoms with Crippen LogP contribution in [0.1, 0.15) is 36.6 Å². The van der Waals surface area contributed by atoms with E-state index in [0.717, 1.165) is 22.0 Å². The van der Waals surface area contributed by atoms with E-state index < -0.39 is 23.9 Å². The van der Waals surface area contributed by atoms with Gasteiger partial charge in [0, 0.05) is 39.9 Å². The van der Waals surface area contributed by atoms with E-state index >= 15 is 0 Å². The lowest BCUT2D eigenvalue weighted by atomic mass is 9.95. The number of rotatable bonds is 11. The van der Waals surface area contributed by atoms with Crippen LogP contribution in [0.5, 0.6) is 11.5 Å². The number of carbonyl (C=O) groups excluding carboxylic acids is 3. The van der Waals surface area contributed by atoms with E-state index in [1.807, 2.05) is 54.7 Å². The molecule has 0 radical (unpaired) electrons. The lowest BCUT2D eigenvalue weighted by Crippen LogP contribution is -2.45. The van der Waals surface area contributed by atoms with Gasteiger partial charge in [0.1, 0.15) is 0 Å². The van der Waals surface area contributed by atoms with Gasteiger partial charge in [-0.25, -0.2) is 15.0 Å². The molecule has 12 heteroatoms. The topological polar surface area (TPSA) is 132 Å². The molecule has 0 fully saturated rings. The number of ether oxygens (including phenoxy) is 3. The summed E-state index contributed by atoms with van der Waals surface area (Å²) >= 11 is 6.03. The van der Waals surface area contributed by atoms with E-state index in [1.54, 1.807) is 38.3 Å². The van der Waals surface area contributed by atoms with Crippen molar-refractivity contribution in [2.24, 2.45) is 5.10 Å². The molecule has 1 aliphatic rings. The van der Waals surface area contributed by atoms with E-state index in [2.05, 4.69) is 25.7 Å². The van der Waals surface area contributed by atoms with E-state index in [0.29, 0.717) is 34.3 Å². The van der Waals surface area contributed by atoms with E-state index in [-0.39, 0.29) is 18.8 Å². The van der Waals surface area contributed by atoms with Gasteiger partial charge in [0.05, 0.1) is 31.5 Å². The Balaban J connectivity index is 1.24. The van der Waals surface area contributed by atoms with Crippen molar-refractivity contribution in [3.63, 3.8) is 0 Å². The van der Waals surface area contributed by atoms with Crippen molar-refractivity contribution in [2.75, 3.05) is 20.3 Å².